The highest BCUT2D eigenvalue weighted by molar-refractivity contribution is 7.92. The van der Waals surface area contributed by atoms with E-state index in [-0.39, 0.29) is 10.7 Å². The summed E-state index contributed by atoms with van der Waals surface area (Å²) in [5, 5.41) is 0. The number of imidazole rings is 1. The van der Waals surface area contributed by atoms with Gasteiger partial charge in [-0.15, -0.1) is 11.3 Å². The molecule has 0 saturated carbocycles. The maximum Gasteiger partial charge on any atom is 0.261 e. The summed E-state index contributed by atoms with van der Waals surface area (Å²) in [5.41, 5.74) is 3.62. The van der Waals surface area contributed by atoms with Crippen molar-refractivity contribution in [1.82, 2.24) is 9.38 Å². The highest BCUT2D eigenvalue weighted by Crippen LogP contribution is 2.23. The Morgan fingerprint density at radius 2 is 1.84 bits per heavy atom. The molecule has 0 spiro atoms. The first-order valence-corrected chi connectivity index (χ1v) is 11.9. The number of anilines is 1. The van der Waals surface area contributed by atoms with Crippen molar-refractivity contribution >= 4 is 43.9 Å². The van der Waals surface area contributed by atoms with Gasteiger partial charge in [0.25, 0.3) is 10.0 Å². The van der Waals surface area contributed by atoms with Gasteiger partial charge in [0, 0.05) is 16.3 Å². The van der Waals surface area contributed by atoms with Crippen LogP contribution in [-0.2, 0) is 10.0 Å². The fraction of sp³-hybridized carbons (Fsp3) is 0.130. The summed E-state index contributed by atoms with van der Waals surface area (Å²) in [5.74, 6) is -0.168. The predicted molar refractivity (Wildman–Crippen MR) is 124 cm³/mol. The third-order valence-corrected chi connectivity index (χ3v) is 7.44. The number of allylic oxidation sites excluding steroid dienone is 1. The summed E-state index contributed by atoms with van der Waals surface area (Å²) in [4.78, 5) is 19.1. The van der Waals surface area contributed by atoms with Crippen LogP contribution >= 0.6 is 11.3 Å². The van der Waals surface area contributed by atoms with Crippen molar-refractivity contribution in [2.24, 2.45) is 0 Å². The molecule has 4 rings (SSSR count). The van der Waals surface area contributed by atoms with E-state index in [0.29, 0.717) is 16.9 Å². The number of thiazole rings is 1. The minimum atomic E-state index is -3.69. The van der Waals surface area contributed by atoms with Crippen molar-refractivity contribution in [2.75, 3.05) is 4.72 Å². The fourth-order valence-corrected chi connectivity index (χ4v) is 5.16. The molecule has 6 nitrogen and oxygen atoms in total. The molecule has 2 aromatic heterocycles. The number of hydrogen-bond acceptors (Lipinski definition) is 5. The number of aryl methyl sites for hydroxylation is 3. The SMILES string of the molecule is Cc1ccc(S(=O)(=O)Nc2cccc(C=CC(=O)c3cnc4sc(C)c(C)n34)c2)cc1. The number of nitrogens with zero attached hydrogens (tertiary/aromatic N) is 2. The molecule has 158 valence electrons. The van der Waals surface area contributed by atoms with Crippen LogP contribution in [0.25, 0.3) is 11.0 Å². The van der Waals surface area contributed by atoms with Gasteiger partial charge in [-0.3, -0.25) is 13.9 Å². The predicted octanol–water partition coefficient (Wildman–Crippen LogP) is 5.02. The Kier molecular flexibility index (Phi) is 5.51. The van der Waals surface area contributed by atoms with Crippen molar-refractivity contribution in [2.45, 2.75) is 25.7 Å². The van der Waals surface area contributed by atoms with E-state index in [4.69, 9.17) is 0 Å². The average Bonchev–Trinajstić information content (AvgIpc) is 3.26. The largest absolute Gasteiger partial charge is 0.288 e. The van der Waals surface area contributed by atoms with Crippen LogP contribution in [-0.4, -0.2) is 23.6 Å². The summed E-state index contributed by atoms with van der Waals surface area (Å²) in [7, 11) is -3.69. The van der Waals surface area contributed by atoms with Gasteiger partial charge in [-0.1, -0.05) is 35.9 Å². The number of fused-ring (bicyclic) bond motifs is 1. The maximum atomic E-state index is 12.7. The molecule has 8 heteroatoms. The molecule has 4 aromatic rings. The molecule has 0 aliphatic carbocycles. The number of hydrogen-bond donors (Lipinski definition) is 1. The second kappa shape index (κ2) is 8.13. The smallest absolute Gasteiger partial charge is 0.261 e. The third kappa shape index (κ3) is 4.30. The summed E-state index contributed by atoms with van der Waals surface area (Å²) < 4.78 is 29.7. The van der Waals surface area contributed by atoms with Crippen LogP contribution in [0.15, 0.2) is 65.7 Å². The zero-order chi connectivity index (χ0) is 22.2. The number of carbonyl (C=O) groups is 1. The number of rotatable bonds is 6. The molecule has 0 amide bonds. The van der Waals surface area contributed by atoms with Crippen molar-refractivity contribution in [1.29, 1.82) is 0 Å². The minimum Gasteiger partial charge on any atom is -0.288 e. The van der Waals surface area contributed by atoms with Crippen molar-refractivity contribution in [3.63, 3.8) is 0 Å². The van der Waals surface area contributed by atoms with E-state index in [1.54, 1.807) is 72.1 Å². The first-order valence-electron chi connectivity index (χ1n) is 9.60. The lowest BCUT2D eigenvalue weighted by molar-refractivity contribution is 0.104. The number of carbonyl (C=O) groups excluding carboxylic acids is 1. The summed E-state index contributed by atoms with van der Waals surface area (Å²) in [6.07, 6.45) is 4.72. The van der Waals surface area contributed by atoms with Gasteiger partial charge in [-0.05, 0) is 56.7 Å². The van der Waals surface area contributed by atoms with Crippen LogP contribution in [0, 0.1) is 20.8 Å². The lowest BCUT2D eigenvalue weighted by Crippen LogP contribution is -2.12. The van der Waals surface area contributed by atoms with E-state index < -0.39 is 10.0 Å². The topological polar surface area (TPSA) is 80.5 Å². The quantitative estimate of drug-likeness (QED) is 0.330. The van der Waals surface area contributed by atoms with Gasteiger partial charge in [0.15, 0.2) is 4.96 Å². The van der Waals surface area contributed by atoms with E-state index in [1.165, 1.54) is 6.08 Å². The molecule has 31 heavy (non-hydrogen) atoms. The van der Waals surface area contributed by atoms with Gasteiger partial charge >= 0.3 is 0 Å². The standard InChI is InChI=1S/C23H21N3O3S2/c1-15-7-10-20(11-8-15)31(28,29)25-19-6-4-5-18(13-19)9-12-22(27)21-14-24-23-26(21)16(2)17(3)30-23/h4-14,25H,1-3H3. The highest BCUT2D eigenvalue weighted by Gasteiger charge is 2.15. The summed E-state index contributed by atoms with van der Waals surface area (Å²) >= 11 is 1.55. The molecular formula is C23H21N3O3S2. The molecule has 0 saturated heterocycles. The van der Waals surface area contributed by atoms with Gasteiger partial charge in [0.1, 0.15) is 5.69 Å². The Bertz CT molecular complexity index is 1410. The average molecular weight is 452 g/mol. The van der Waals surface area contributed by atoms with E-state index in [2.05, 4.69) is 9.71 Å². The van der Waals surface area contributed by atoms with Crippen LogP contribution < -0.4 is 4.72 Å². The number of benzene rings is 2. The van der Waals surface area contributed by atoms with Gasteiger partial charge in [0.2, 0.25) is 5.78 Å². The Hall–Kier alpha value is -3.23. The second-order valence-electron chi connectivity index (χ2n) is 7.25. The van der Waals surface area contributed by atoms with Crippen LogP contribution in [0.4, 0.5) is 5.69 Å². The van der Waals surface area contributed by atoms with E-state index >= 15 is 0 Å². The molecule has 1 N–H and O–H groups in total. The van der Waals surface area contributed by atoms with Crippen LogP contribution in [0.1, 0.15) is 32.2 Å². The van der Waals surface area contributed by atoms with Crippen LogP contribution in [0.2, 0.25) is 0 Å². The molecule has 0 atom stereocenters. The van der Waals surface area contributed by atoms with Gasteiger partial charge in [-0.25, -0.2) is 13.4 Å². The van der Waals surface area contributed by atoms with E-state index in [1.807, 2.05) is 25.2 Å². The number of ketones is 1. The molecule has 0 unspecified atom stereocenters. The molecule has 2 heterocycles. The molecular weight excluding hydrogens is 430 g/mol. The Morgan fingerprint density at radius 3 is 2.58 bits per heavy atom. The Morgan fingerprint density at radius 1 is 1.10 bits per heavy atom. The molecule has 0 bridgehead atoms. The fourth-order valence-electron chi connectivity index (χ4n) is 3.17. The number of nitrogens with one attached hydrogen (secondary N) is 1. The maximum absolute atomic E-state index is 12.7. The first-order chi connectivity index (χ1) is 14.7. The summed E-state index contributed by atoms with van der Waals surface area (Å²) in [6.45, 7) is 5.86. The van der Waals surface area contributed by atoms with Crippen LogP contribution in [0.5, 0.6) is 0 Å². The van der Waals surface area contributed by atoms with Gasteiger partial charge in [-0.2, -0.15) is 0 Å². The minimum absolute atomic E-state index is 0.168. The number of sulfonamides is 1. The normalized spacial score (nSPS) is 12.0. The highest BCUT2D eigenvalue weighted by atomic mass is 32.2. The molecule has 0 fully saturated rings. The van der Waals surface area contributed by atoms with Crippen molar-refractivity contribution in [3.8, 4) is 0 Å². The monoisotopic (exact) mass is 451 g/mol. The molecule has 0 aliphatic heterocycles. The zero-order valence-electron chi connectivity index (χ0n) is 17.3. The third-order valence-electron chi connectivity index (χ3n) is 4.97. The van der Waals surface area contributed by atoms with Gasteiger partial charge < -0.3 is 0 Å². The summed E-state index contributed by atoms with van der Waals surface area (Å²) in [6, 6.07) is 13.5. The van der Waals surface area contributed by atoms with E-state index in [0.717, 1.165) is 21.1 Å². The van der Waals surface area contributed by atoms with Crippen molar-refractivity contribution in [3.05, 3.63) is 88.2 Å². The molecule has 2 aromatic carbocycles. The van der Waals surface area contributed by atoms with Crippen LogP contribution in [0.3, 0.4) is 0 Å². The molecule has 0 radical (unpaired) electrons. The van der Waals surface area contributed by atoms with E-state index in [9.17, 15) is 13.2 Å². The number of aromatic nitrogens is 2. The Balaban J connectivity index is 1.55. The van der Waals surface area contributed by atoms with Crippen molar-refractivity contribution < 1.29 is 13.2 Å². The lowest BCUT2D eigenvalue weighted by atomic mass is 10.1. The Labute approximate surface area is 184 Å². The second-order valence-corrected chi connectivity index (χ2v) is 10.1. The van der Waals surface area contributed by atoms with Gasteiger partial charge in [0.05, 0.1) is 11.1 Å². The zero-order valence-corrected chi connectivity index (χ0v) is 18.9. The molecule has 0 aliphatic rings. The first kappa shape index (κ1) is 21.0. The lowest BCUT2D eigenvalue weighted by Gasteiger charge is -2.09.